The predicted molar refractivity (Wildman–Crippen MR) is 108 cm³/mol. The molecule has 0 unspecified atom stereocenters. The van der Waals surface area contributed by atoms with Gasteiger partial charge in [-0.3, -0.25) is 9.59 Å². The Morgan fingerprint density at radius 1 is 1.16 bits per heavy atom. The number of nitrogens with one attached hydrogen (secondary N) is 2. The van der Waals surface area contributed by atoms with Gasteiger partial charge < -0.3 is 10.3 Å². The van der Waals surface area contributed by atoms with Gasteiger partial charge in [0, 0.05) is 5.56 Å². The van der Waals surface area contributed by atoms with Crippen LogP contribution >= 0.6 is 0 Å². The van der Waals surface area contributed by atoms with Crippen molar-refractivity contribution in [3.8, 4) is 11.5 Å². The summed E-state index contributed by atoms with van der Waals surface area (Å²) in [6.45, 7) is 3.30. The molecule has 4 heterocycles. The highest BCUT2D eigenvalue weighted by Crippen LogP contribution is 2.34. The van der Waals surface area contributed by atoms with E-state index in [0.717, 1.165) is 6.20 Å². The fourth-order valence-corrected chi connectivity index (χ4v) is 3.74. The van der Waals surface area contributed by atoms with E-state index in [1.165, 1.54) is 16.8 Å². The molecule has 156 valence electrons. The number of rotatable bonds is 3. The molecule has 1 amide bonds. The highest BCUT2D eigenvalue weighted by Gasteiger charge is 2.42. The van der Waals surface area contributed by atoms with E-state index >= 15 is 0 Å². The summed E-state index contributed by atoms with van der Waals surface area (Å²) in [7, 11) is 0. The monoisotopic (exact) mass is 422 g/mol. The van der Waals surface area contributed by atoms with Crippen LogP contribution in [0, 0.1) is 11.6 Å². The van der Waals surface area contributed by atoms with Gasteiger partial charge in [0.05, 0.1) is 29.1 Å². The zero-order chi connectivity index (χ0) is 21.9. The topological polar surface area (TPSA) is 106 Å². The van der Waals surface area contributed by atoms with Crippen LogP contribution in [0.2, 0.25) is 0 Å². The third-order valence-electron chi connectivity index (χ3n) is 5.40. The quantitative estimate of drug-likeness (QED) is 0.528. The van der Waals surface area contributed by atoms with Crippen LogP contribution in [0.1, 0.15) is 25.0 Å². The van der Waals surface area contributed by atoms with E-state index in [4.69, 9.17) is 0 Å². The zero-order valence-electron chi connectivity index (χ0n) is 16.5. The maximum atomic E-state index is 14.2. The molecular formula is C21H16F2N6O2. The fraction of sp³-hybridized carbons (Fsp3) is 0.190. The maximum Gasteiger partial charge on any atom is 0.257 e. The Kier molecular flexibility index (Phi) is 4.01. The molecule has 0 aliphatic carbocycles. The average molecular weight is 422 g/mol. The third kappa shape index (κ3) is 2.90. The molecule has 10 heteroatoms. The Bertz CT molecular complexity index is 1440. The molecule has 3 aromatic heterocycles. The summed E-state index contributed by atoms with van der Waals surface area (Å²) >= 11 is 0. The summed E-state index contributed by atoms with van der Waals surface area (Å²) in [5, 5.41) is 7.34. The number of pyridine rings is 1. The van der Waals surface area contributed by atoms with E-state index in [9.17, 15) is 18.4 Å². The first-order chi connectivity index (χ1) is 14.8. The fourth-order valence-electron chi connectivity index (χ4n) is 3.74. The molecule has 0 spiro atoms. The number of nitrogens with zero attached hydrogens (tertiary/aromatic N) is 4. The Morgan fingerprint density at radius 2 is 1.94 bits per heavy atom. The standard InChI is InChI=1S/C21H16F2N6O2/c1-21(2)14-16(27-20(21)31)25-17(26-19(14)30)15-12-7-11(22)8-24-18(12)29(28-15)9-10-5-3-4-6-13(10)23/h3-8H,9H2,1-2H3,(H2,25,26,27,30,31). The van der Waals surface area contributed by atoms with Crippen molar-refractivity contribution in [1.29, 1.82) is 0 Å². The number of H-pyrrole nitrogens is 1. The summed E-state index contributed by atoms with van der Waals surface area (Å²) in [5.41, 5.74) is -0.475. The number of anilines is 1. The molecule has 8 nitrogen and oxygen atoms in total. The molecular weight excluding hydrogens is 406 g/mol. The first-order valence-electron chi connectivity index (χ1n) is 9.48. The number of aromatic nitrogens is 5. The molecule has 4 aromatic rings. The Morgan fingerprint density at radius 3 is 2.71 bits per heavy atom. The first-order valence-corrected chi connectivity index (χ1v) is 9.48. The Hall–Kier alpha value is -3.95. The van der Waals surface area contributed by atoms with Crippen LogP contribution in [0.3, 0.4) is 0 Å². The number of hydrogen-bond donors (Lipinski definition) is 2. The number of carbonyl (C=O) groups excluding carboxylic acids is 1. The Balaban J connectivity index is 1.70. The van der Waals surface area contributed by atoms with Gasteiger partial charge in [-0.15, -0.1) is 0 Å². The van der Waals surface area contributed by atoms with E-state index in [1.807, 2.05) is 0 Å². The van der Waals surface area contributed by atoms with Gasteiger partial charge in [0.1, 0.15) is 23.1 Å². The zero-order valence-corrected chi connectivity index (χ0v) is 16.5. The number of hydrogen-bond acceptors (Lipinski definition) is 5. The number of fused-ring (bicyclic) bond motifs is 2. The molecule has 0 saturated carbocycles. The van der Waals surface area contributed by atoms with E-state index < -0.39 is 22.6 Å². The van der Waals surface area contributed by atoms with Crippen LogP contribution in [-0.4, -0.2) is 30.6 Å². The van der Waals surface area contributed by atoms with Gasteiger partial charge in [0.2, 0.25) is 5.91 Å². The second-order valence-corrected chi connectivity index (χ2v) is 7.84. The lowest BCUT2D eigenvalue weighted by molar-refractivity contribution is -0.119. The molecule has 0 fully saturated rings. The van der Waals surface area contributed by atoms with Crippen LogP contribution in [0.4, 0.5) is 14.6 Å². The normalized spacial score (nSPS) is 14.6. The second kappa shape index (κ2) is 6.53. The van der Waals surface area contributed by atoms with Gasteiger partial charge in [0.25, 0.3) is 5.56 Å². The van der Waals surface area contributed by atoms with Gasteiger partial charge in [-0.05, 0) is 26.0 Å². The minimum atomic E-state index is -1.03. The molecule has 1 aliphatic heterocycles. The van der Waals surface area contributed by atoms with Crippen LogP contribution in [0.15, 0.2) is 41.3 Å². The number of benzene rings is 1. The molecule has 5 rings (SSSR count). The van der Waals surface area contributed by atoms with Crippen LogP contribution in [-0.2, 0) is 16.8 Å². The highest BCUT2D eigenvalue weighted by atomic mass is 19.1. The average Bonchev–Trinajstić information content (AvgIpc) is 3.17. The van der Waals surface area contributed by atoms with Crippen molar-refractivity contribution in [2.45, 2.75) is 25.8 Å². The summed E-state index contributed by atoms with van der Waals surface area (Å²) in [5.74, 6) is -1.18. The number of aromatic amines is 1. The Labute approximate surface area is 174 Å². The van der Waals surface area contributed by atoms with E-state index in [-0.39, 0.29) is 35.4 Å². The lowest BCUT2D eigenvalue weighted by Gasteiger charge is -2.13. The van der Waals surface area contributed by atoms with Crippen LogP contribution < -0.4 is 10.9 Å². The van der Waals surface area contributed by atoms with Crippen molar-refractivity contribution in [3.63, 3.8) is 0 Å². The van der Waals surface area contributed by atoms with Crippen molar-refractivity contribution >= 4 is 22.8 Å². The van der Waals surface area contributed by atoms with Gasteiger partial charge in [-0.2, -0.15) is 5.10 Å². The van der Waals surface area contributed by atoms with Crippen molar-refractivity contribution in [2.24, 2.45) is 0 Å². The smallest absolute Gasteiger partial charge is 0.257 e. The van der Waals surface area contributed by atoms with Gasteiger partial charge in [-0.25, -0.2) is 23.4 Å². The number of halogens is 2. The molecule has 0 atom stereocenters. The largest absolute Gasteiger partial charge is 0.309 e. The molecule has 2 N–H and O–H groups in total. The summed E-state index contributed by atoms with van der Waals surface area (Å²) in [4.78, 5) is 36.1. The molecule has 1 aliphatic rings. The molecule has 31 heavy (non-hydrogen) atoms. The molecule has 0 bridgehead atoms. The summed E-state index contributed by atoms with van der Waals surface area (Å²) < 4.78 is 29.6. The first kappa shape index (κ1) is 19.0. The highest BCUT2D eigenvalue weighted by molar-refractivity contribution is 6.04. The van der Waals surface area contributed by atoms with E-state index in [0.29, 0.717) is 16.6 Å². The molecule has 1 aromatic carbocycles. The summed E-state index contributed by atoms with van der Waals surface area (Å²) in [6.07, 6.45) is 1.03. The lowest BCUT2D eigenvalue weighted by Crippen LogP contribution is -2.31. The SMILES string of the molecule is CC1(C)C(=O)Nc2nc(-c3nn(Cc4ccccc4F)c4ncc(F)cc34)[nH]c(=O)c21. The minimum absolute atomic E-state index is 0.0424. The van der Waals surface area contributed by atoms with E-state index in [2.05, 4.69) is 25.4 Å². The molecule has 0 saturated heterocycles. The van der Waals surface area contributed by atoms with Crippen molar-refractivity contribution in [2.75, 3.05) is 5.32 Å². The van der Waals surface area contributed by atoms with Gasteiger partial charge in [-0.1, -0.05) is 18.2 Å². The lowest BCUT2D eigenvalue weighted by atomic mass is 9.88. The predicted octanol–water partition coefficient (Wildman–Crippen LogP) is 2.74. The van der Waals surface area contributed by atoms with Crippen LogP contribution in [0.25, 0.3) is 22.6 Å². The second-order valence-electron chi connectivity index (χ2n) is 7.84. The maximum absolute atomic E-state index is 14.2. The van der Waals surface area contributed by atoms with Gasteiger partial charge >= 0.3 is 0 Å². The minimum Gasteiger partial charge on any atom is -0.309 e. The van der Waals surface area contributed by atoms with Crippen molar-refractivity contribution < 1.29 is 13.6 Å². The van der Waals surface area contributed by atoms with Gasteiger partial charge in [0.15, 0.2) is 11.5 Å². The number of carbonyl (C=O) groups is 1. The molecule has 0 radical (unpaired) electrons. The van der Waals surface area contributed by atoms with Crippen molar-refractivity contribution in [3.05, 3.63) is 69.6 Å². The third-order valence-corrected chi connectivity index (χ3v) is 5.40. The van der Waals surface area contributed by atoms with Crippen molar-refractivity contribution in [1.82, 2.24) is 24.7 Å². The summed E-state index contributed by atoms with van der Waals surface area (Å²) in [6, 6.07) is 7.44. The van der Waals surface area contributed by atoms with E-state index in [1.54, 1.807) is 32.0 Å². The number of amides is 1. The van der Waals surface area contributed by atoms with Crippen LogP contribution in [0.5, 0.6) is 0 Å².